The summed E-state index contributed by atoms with van der Waals surface area (Å²) in [6, 6.07) is 11.8. The largest absolute Gasteiger partial charge is 0.497 e. The molecular formula is C17H13F3N4OS. The van der Waals surface area contributed by atoms with E-state index in [-0.39, 0.29) is 4.77 Å². The van der Waals surface area contributed by atoms with Crippen LogP contribution in [-0.4, -0.2) is 28.2 Å². The summed E-state index contributed by atoms with van der Waals surface area (Å²) in [6.07, 6.45) is -2.96. The SMILES string of the molecule is COc1ccc(-c2n[nH]c(=S)n2N=Cc2ccc(C(F)(F)F)cc2)cc1. The topological polar surface area (TPSA) is 55.2 Å². The molecule has 0 radical (unpaired) electrons. The fourth-order valence-electron chi connectivity index (χ4n) is 2.21. The summed E-state index contributed by atoms with van der Waals surface area (Å²) in [6.45, 7) is 0. The van der Waals surface area contributed by atoms with E-state index in [4.69, 9.17) is 17.0 Å². The van der Waals surface area contributed by atoms with E-state index >= 15 is 0 Å². The van der Waals surface area contributed by atoms with Gasteiger partial charge in [0.25, 0.3) is 0 Å². The zero-order valence-electron chi connectivity index (χ0n) is 13.5. The fraction of sp³-hybridized carbons (Fsp3) is 0.118. The molecule has 0 aliphatic heterocycles. The first-order chi connectivity index (χ1) is 12.4. The summed E-state index contributed by atoms with van der Waals surface area (Å²) in [5.74, 6) is 1.17. The molecule has 0 bridgehead atoms. The Labute approximate surface area is 151 Å². The van der Waals surface area contributed by atoms with Gasteiger partial charge in [-0.2, -0.15) is 28.0 Å². The molecule has 0 fully saturated rings. The van der Waals surface area contributed by atoms with Crippen LogP contribution in [0.15, 0.2) is 53.6 Å². The van der Waals surface area contributed by atoms with Crippen molar-refractivity contribution in [3.05, 3.63) is 64.4 Å². The summed E-state index contributed by atoms with van der Waals surface area (Å²) >= 11 is 5.16. The minimum absolute atomic E-state index is 0.263. The van der Waals surface area contributed by atoms with Crippen LogP contribution in [0.1, 0.15) is 11.1 Å². The Kier molecular flexibility index (Phi) is 4.90. The van der Waals surface area contributed by atoms with E-state index in [9.17, 15) is 13.2 Å². The standard InChI is InChI=1S/C17H13F3N4OS/c1-25-14-8-4-12(5-9-14)15-22-23-16(26)24(15)21-10-11-2-6-13(7-3-11)17(18,19)20/h2-10H,1H3,(H,23,26). The fourth-order valence-corrected chi connectivity index (χ4v) is 2.39. The van der Waals surface area contributed by atoms with Crippen molar-refractivity contribution >= 4 is 18.4 Å². The number of nitrogens with zero attached hydrogens (tertiary/aromatic N) is 3. The monoisotopic (exact) mass is 378 g/mol. The third kappa shape index (κ3) is 3.83. The van der Waals surface area contributed by atoms with Gasteiger partial charge in [-0.05, 0) is 54.2 Å². The number of alkyl halides is 3. The molecule has 0 spiro atoms. The highest BCUT2D eigenvalue weighted by molar-refractivity contribution is 7.71. The first-order valence-electron chi connectivity index (χ1n) is 7.42. The molecule has 26 heavy (non-hydrogen) atoms. The second-order valence-corrected chi connectivity index (χ2v) is 5.64. The molecule has 0 atom stereocenters. The van der Waals surface area contributed by atoms with Crippen LogP contribution in [0.2, 0.25) is 0 Å². The van der Waals surface area contributed by atoms with E-state index in [0.29, 0.717) is 17.1 Å². The number of ether oxygens (including phenoxy) is 1. The minimum Gasteiger partial charge on any atom is -0.497 e. The molecule has 1 heterocycles. The number of hydrogen-bond acceptors (Lipinski definition) is 4. The average molecular weight is 378 g/mol. The van der Waals surface area contributed by atoms with Crippen LogP contribution in [0.4, 0.5) is 13.2 Å². The summed E-state index contributed by atoms with van der Waals surface area (Å²) in [4.78, 5) is 0. The Morgan fingerprint density at radius 1 is 1.12 bits per heavy atom. The Morgan fingerprint density at radius 3 is 2.35 bits per heavy atom. The number of rotatable bonds is 4. The molecule has 1 N–H and O–H groups in total. The molecule has 0 aliphatic carbocycles. The van der Waals surface area contributed by atoms with Crippen molar-refractivity contribution in [1.82, 2.24) is 14.9 Å². The van der Waals surface area contributed by atoms with Crippen molar-refractivity contribution in [3.8, 4) is 17.1 Å². The van der Waals surface area contributed by atoms with Crippen LogP contribution < -0.4 is 4.74 Å². The highest BCUT2D eigenvalue weighted by atomic mass is 32.1. The van der Waals surface area contributed by atoms with Crippen LogP contribution in [0.25, 0.3) is 11.4 Å². The molecule has 2 aromatic carbocycles. The predicted octanol–water partition coefficient (Wildman–Crippen LogP) is 4.52. The molecule has 9 heteroatoms. The van der Waals surface area contributed by atoms with E-state index in [1.807, 2.05) is 0 Å². The van der Waals surface area contributed by atoms with Crippen LogP contribution >= 0.6 is 12.2 Å². The van der Waals surface area contributed by atoms with Crippen LogP contribution in [-0.2, 0) is 6.18 Å². The van der Waals surface area contributed by atoms with Crippen molar-refractivity contribution in [2.45, 2.75) is 6.18 Å². The average Bonchev–Trinajstić information content (AvgIpc) is 3.00. The van der Waals surface area contributed by atoms with Gasteiger partial charge in [-0.25, -0.2) is 5.10 Å². The van der Waals surface area contributed by atoms with Gasteiger partial charge in [0, 0.05) is 5.56 Å². The van der Waals surface area contributed by atoms with Gasteiger partial charge in [-0.1, -0.05) is 12.1 Å². The van der Waals surface area contributed by atoms with Crippen molar-refractivity contribution < 1.29 is 17.9 Å². The van der Waals surface area contributed by atoms with E-state index in [2.05, 4.69) is 15.3 Å². The summed E-state index contributed by atoms with van der Waals surface area (Å²) in [5.41, 5.74) is 0.540. The maximum absolute atomic E-state index is 12.6. The molecule has 0 amide bonds. The van der Waals surface area contributed by atoms with Crippen molar-refractivity contribution in [1.29, 1.82) is 0 Å². The molecule has 3 aromatic rings. The first-order valence-corrected chi connectivity index (χ1v) is 7.83. The zero-order chi connectivity index (χ0) is 18.7. The Balaban J connectivity index is 1.89. The molecule has 0 unspecified atom stereocenters. The summed E-state index contributed by atoms with van der Waals surface area (Å²) in [7, 11) is 1.57. The van der Waals surface area contributed by atoms with E-state index in [1.165, 1.54) is 23.0 Å². The smallest absolute Gasteiger partial charge is 0.416 e. The van der Waals surface area contributed by atoms with Crippen LogP contribution in [0.3, 0.4) is 0 Å². The lowest BCUT2D eigenvalue weighted by atomic mass is 10.1. The number of nitrogens with one attached hydrogen (secondary N) is 1. The van der Waals surface area contributed by atoms with Gasteiger partial charge in [0.05, 0.1) is 18.9 Å². The number of aromatic amines is 1. The first kappa shape index (κ1) is 17.9. The number of H-pyrrole nitrogens is 1. The number of aromatic nitrogens is 3. The molecule has 1 aromatic heterocycles. The lowest BCUT2D eigenvalue weighted by molar-refractivity contribution is -0.137. The van der Waals surface area contributed by atoms with E-state index < -0.39 is 11.7 Å². The lowest BCUT2D eigenvalue weighted by Gasteiger charge is -2.06. The maximum Gasteiger partial charge on any atom is 0.416 e. The minimum atomic E-state index is -4.37. The van der Waals surface area contributed by atoms with Gasteiger partial charge in [0.2, 0.25) is 4.77 Å². The number of hydrogen-bond donors (Lipinski definition) is 1. The van der Waals surface area contributed by atoms with Gasteiger partial charge < -0.3 is 4.74 Å². The van der Waals surface area contributed by atoms with Crippen molar-refractivity contribution in [3.63, 3.8) is 0 Å². The van der Waals surface area contributed by atoms with Crippen molar-refractivity contribution in [2.75, 3.05) is 7.11 Å². The van der Waals surface area contributed by atoms with Gasteiger partial charge >= 0.3 is 6.18 Å². The van der Waals surface area contributed by atoms with Crippen LogP contribution in [0, 0.1) is 4.77 Å². The Morgan fingerprint density at radius 2 is 1.77 bits per heavy atom. The van der Waals surface area contributed by atoms with Gasteiger partial charge in [0.15, 0.2) is 5.82 Å². The van der Waals surface area contributed by atoms with Gasteiger partial charge in [-0.15, -0.1) is 0 Å². The van der Waals surface area contributed by atoms with Gasteiger partial charge in [0.1, 0.15) is 5.75 Å². The molecule has 0 aliphatic rings. The molecule has 0 saturated carbocycles. The number of halogens is 3. The molecular weight excluding hydrogens is 365 g/mol. The lowest BCUT2D eigenvalue weighted by Crippen LogP contribution is -2.04. The number of benzene rings is 2. The zero-order valence-corrected chi connectivity index (χ0v) is 14.3. The maximum atomic E-state index is 12.6. The summed E-state index contributed by atoms with van der Waals surface area (Å²) < 4.78 is 44.6. The molecule has 134 valence electrons. The Bertz CT molecular complexity index is 973. The third-order valence-electron chi connectivity index (χ3n) is 3.56. The quantitative estimate of drug-likeness (QED) is 0.537. The predicted molar refractivity (Wildman–Crippen MR) is 93.8 cm³/mol. The second-order valence-electron chi connectivity index (χ2n) is 5.26. The van der Waals surface area contributed by atoms with Gasteiger partial charge in [-0.3, -0.25) is 0 Å². The normalized spacial score (nSPS) is 11.8. The third-order valence-corrected chi connectivity index (χ3v) is 3.82. The second kappa shape index (κ2) is 7.12. The molecule has 0 saturated heterocycles. The van der Waals surface area contributed by atoms with E-state index in [0.717, 1.165) is 17.7 Å². The number of methoxy groups -OCH3 is 1. The van der Waals surface area contributed by atoms with E-state index in [1.54, 1.807) is 31.4 Å². The summed E-state index contributed by atoms with van der Waals surface area (Å²) in [5, 5.41) is 11.0. The molecule has 5 nitrogen and oxygen atoms in total. The van der Waals surface area contributed by atoms with Crippen LogP contribution in [0.5, 0.6) is 5.75 Å². The van der Waals surface area contributed by atoms with Crippen molar-refractivity contribution in [2.24, 2.45) is 5.10 Å². The molecule has 3 rings (SSSR count). The Hall–Kier alpha value is -2.94. The highest BCUT2D eigenvalue weighted by Crippen LogP contribution is 2.29. The highest BCUT2D eigenvalue weighted by Gasteiger charge is 2.29.